The van der Waals surface area contributed by atoms with Crippen LogP contribution in [0.25, 0.3) is 21.3 Å². The Balaban J connectivity index is 1.76. The number of pyridine rings is 1. The molecule has 0 radical (unpaired) electrons. The zero-order valence-electron chi connectivity index (χ0n) is 14.4. The maximum atomic E-state index is 15.5. The molecule has 2 amide bonds. The van der Waals surface area contributed by atoms with Crippen molar-refractivity contribution in [1.29, 1.82) is 0 Å². The molecule has 0 aliphatic rings. The number of carbonyl (C=O) groups excluding carboxylic acids is 1. The minimum absolute atomic E-state index is 0.333. The van der Waals surface area contributed by atoms with Crippen molar-refractivity contribution < 1.29 is 9.18 Å². The van der Waals surface area contributed by atoms with Gasteiger partial charge in [0.25, 0.3) is 0 Å². The molecule has 0 unspecified atom stereocenters. The molecule has 2 aromatic heterocycles. The Kier molecular flexibility index (Phi) is 4.93. The highest BCUT2D eigenvalue weighted by Gasteiger charge is 2.18. The first-order valence-electron chi connectivity index (χ1n) is 8.33. The Morgan fingerprint density at radius 3 is 2.79 bits per heavy atom. The first kappa shape index (κ1) is 18.3. The summed E-state index contributed by atoms with van der Waals surface area (Å²) in [5.74, 6) is 0.00857. The molecule has 5 nitrogen and oxygen atoms in total. The van der Waals surface area contributed by atoms with Crippen LogP contribution in [0.15, 0.2) is 54.2 Å². The molecule has 0 saturated carbocycles. The average Bonchev–Trinajstić information content (AvgIpc) is 3.11. The first-order valence-corrected chi connectivity index (χ1v) is 9.59. The molecule has 0 atom stereocenters. The van der Waals surface area contributed by atoms with Crippen molar-refractivity contribution >= 4 is 45.0 Å². The molecule has 0 saturated heterocycles. The molecule has 0 spiro atoms. The molecule has 0 fully saturated rings. The van der Waals surface area contributed by atoms with E-state index in [1.165, 1.54) is 11.3 Å². The second-order valence-electron chi connectivity index (χ2n) is 6.15. The summed E-state index contributed by atoms with van der Waals surface area (Å²) in [7, 11) is 0. The number of urea groups is 1. The van der Waals surface area contributed by atoms with Crippen LogP contribution in [0, 0.1) is 5.82 Å². The predicted molar refractivity (Wildman–Crippen MR) is 110 cm³/mol. The number of nitrogens with zero attached hydrogens (tertiary/aromatic N) is 2. The van der Waals surface area contributed by atoms with Crippen molar-refractivity contribution in [2.75, 3.05) is 5.32 Å². The molecule has 0 aliphatic carbocycles. The molecular weight excluding hydrogens is 399 g/mol. The Hall–Kier alpha value is -3.03. The number of anilines is 1. The molecule has 4 aromatic rings. The van der Waals surface area contributed by atoms with Crippen LogP contribution in [0.3, 0.4) is 0 Å². The normalized spacial score (nSPS) is 10.9. The molecule has 4 rings (SSSR count). The van der Waals surface area contributed by atoms with Gasteiger partial charge >= 0.3 is 6.03 Å². The standard InChI is InChI=1S/C20H14ClFN4OS/c21-14-3-1-2-12(7-14)17-18(22)13(8-15-19(17)25-10-28-15)6-11-4-5-16(24-9-11)26-20(23)27/h1-5,7-10H,6H2,(H3,23,24,26,27). The number of nitrogens with one attached hydrogen (secondary N) is 1. The van der Waals surface area contributed by atoms with Gasteiger partial charge in [0.2, 0.25) is 0 Å². The maximum absolute atomic E-state index is 15.5. The molecular formula is C20H14ClFN4OS. The van der Waals surface area contributed by atoms with Crippen molar-refractivity contribution in [2.24, 2.45) is 5.73 Å². The zero-order chi connectivity index (χ0) is 19.7. The molecule has 3 N–H and O–H groups in total. The Morgan fingerprint density at radius 2 is 2.07 bits per heavy atom. The number of rotatable bonds is 4. The number of nitrogens with two attached hydrogens (primary N) is 1. The summed E-state index contributed by atoms with van der Waals surface area (Å²) in [6.45, 7) is 0. The van der Waals surface area contributed by atoms with Gasteiger partial charge in [0, 0.05) is 23.2 Å². The lowest BCUT2D eigenvalue weighted by Crippen LogP contribution is -2.19. The van der Waals surface area contributed by atoms with Gasteiger partial charge < -0.3 is 5.73 Å². The van der Waals surface area contributed by atoms with Gasteiger partial charge in [-0.15, -0.1) is 11.3 Å². The van der Waals surface area contributed by atoms with Gasteiger partial charge in [-0.2, -0.15) is 0 Å². The van der Waals surface area contributed by atoms with E-state index in [0.717, 1.165) is 10.3 Å². The number of thiazole rings is 1. The monoisotopic (exact) mass is 412 g/mol. The van der Waals surface area contributed by atoms with Crippen molar-refractivity contribution in [3.05, 3.63) is 76.1 Å². The molecule has 28 heavy (non-hydrogen) atoms. The van der Waals surface area contributed by atoms with Crippen LogP contribution in [0.4, 0.5) is 15.0 Å². The van der Waals surface area contributed by atoms with Crippen molar-refractivity contribution in [3.8, 4) is 11.1 Å². The molecule has 2 aromatic carbocycles. The third-order valence-corrected chi connectivity index (χ3v) is 5.23. The summed E-state index contributed by atoms with van der Waals surface area (Å²) in [6, 6.07) is 11.6. The van der Waals surface area contributed by atoms with Crippen LogP contribution in [-0.4, -0.2) is 16.0 Å². The number of amides is 2. The van der Waals surface area contributed by atoms with Gasteiger partial charge in [-0.05, 0) is 41.0 Å². The Morgan fingerprint density at radius 1 is 1.21 bits per heavy atom. The third kappa shape index (κ3) is 3.67. The van der Waals surface area contributed by atoms with Gasteiger partial charge in [0.05, 0.1) is 15.7 Å². The number of halogens is 2. The third-order valence-electron chi connectivity index (χ3n) is 4.22. The molecule has 8 heteroatoms. The summed E-state index contributed by atoms with van der Waals surface area (Å²) in [5.41, 5.74) is 9.85. The van der Waals surface area contributed by atoms with E-state index in [2.05, 4.69) is 15.3 Å². The lowest BCUT2D eigenvalue weighted by molar-refractivity contribution is 0.259. The van der Waals surface area contributed by atoms with Crippen LogP contribution >= 0.6 is 22.9 Å². The molecule has 0 bridgehead atoms. The quantitative estimate of drug-likeness (QED) is 0.481. The summed E-state index contributed by atoms with van der Waals surface area (Å²) in [5, 5.41) is 2.93. The number of aromatic nitrogens is 2. The lowest BCUT2D eigenvalue weighted by Gasteiger charge is -2.11. The van der Waals surface area contributed by atoms with Gasteiger partial charge in [-0.3, -0.25) is 5.32 Å². The van der Waals surface area contributed by atoms with Gasteiger partial charge in [-0.25, -0.2) is 19.2 Å². The fourth-order valence-corrected chi connectivity index (χ4v) is 3.96. The largest absolute Gasteiger partial charge is 0.351 e. The van der Waals surface area contributed by atoms with Gasteiger partial charge in [-0.1, -0.05) is 29.8 Å². The maximum Gasteiger partial charge on any atom is 0.317 e. The Bertz CT molecular complexity index is 1180. The molecule has 2 heterocycles. The van der Waals surface area contributed by atoms with E-state index in [9.17, 15) is 4.79 Å². The first-order chi connectivity index (χ1) is 13.5. The van der Waals surface area contributed by atoms with Crippen molar-refractivity contribution in [3.63, 3.8) is 0 Å². The minimum atomic E-state index is -0.687. The van der Waals surface area contributed by atoms with E-state index in [-0.39, 0.29) is 5.82 Å². The van der Waals surface area contributed by atoms with Crippen LogP contribution in [-0.2, 0) is 6.42 Å². The van der Waals surface area contributed by atoms with Crippen molar-refractivity contribution in [2.45, 2.75) is 6.42 Å². The van der Waals surface area contributed by atoms with Crippen LogP contribution in [0.2, 0.25) is 5.02 Å². The summed E-state index contributed by atoms with van der Waals surface area (Å²) in [6.07, 6.45) is 1.93. The van der Waals surface area contributed by atoms with Gasteiger partial charge in [0.1, 0.15) is 11.6 Å². The fraction of sp³-hybridized carbons (Fsp3) is 0.0500. The topological polar surface area (TPSA) is 80.9 Å². The summed E-state index contributed by atoms with van der Waals surface area (Å²) >= 11 is 7.56. The summed E-state index contributed by atoms with van der Waals surface area (Å²) in [4.78, 5) is 19.4. The number of hydrogen-bond donors (Lipinski definition) is 2. The number of carbonyl (C=O) groups is 1. The predicted octanol–water partition coefficient (Wildman–Crippen LogP) is 5.23. The van der Waals surface area contributed by atoms with E-state index in [0.29, 0.717) is 39.5 Å². The number of fused-ring (bicyclic) bond motifs is 1. The zero-order valence-corrected chi connectivity index (χ0v) is 16.0. The van der Waals surface area contributed by atoms with Crippen molar-refractivity contribution in [1.82, 2.24) is 9.97 Å². The number of primary amides is 1. The second-order valence-corrected chi connectivity index (χ2v) is 7.47. The van der Waals surface area contributed by atoms with E-state index in [1.807, 2.05) is 12.1 Å². The highest BCUT2D eigenvalue weighted by molar-refractivity contribution is 7.16. The van der Waals surface area contributed by atoms with Crippen LogP contribution in [0.1, 0.15) is 11.1 Å². The highest BCUT2D eigenvalue weighted by atomic mass is 35.5. The second kappa shape index (κ2) is 7.53. The fourth-order valence-electron chi connectivity index (χ4n) is 3.02. The smallest absolute Gasteiger partial charge is 0.317 e. The number of benzene rings is 2. The number of hydrogen-bond acceptors (Lipinski definition) is 4. The van der Waals surface area contributed by atoms with Crippen LogP contribution < -0.4 is 11.1 Å². The highest BCUT2D eigenvalue weighted by Crippen LogP contribution is 2.36. The summed E-state index contributed by atoms with van der Waals surface area (Å²) < 4.78 is 16.4. The molecule has 140 valence electrons. The average molecular weight is 413 g/mol. The SMILES string of the molecule is NC(=O)Nc1ccc(Cc2cc3scnc3c(-c3cccc(Cl)c3)c2F)cn1. The molecule has 0 aliphatic heterocycles. The minimum Gasteiger partial charge on any atom is -0.351 e. The van der Waals surface area contributed by atoms with Crippen LogP contribution in [0.5, 0.6) is 0 Å². The lowest BCUT2D eigenvalue weighted by atomic mass is 9.97. The van der Waals surface area contributed by atoms with Gasteiger partial charge in [0.15, 0.2) is 0 Å². The van der Waals surface area contributed by atoms with E-state index in [1.54, 1.807) is 42.0 Å². The Labute approximate surface area is 169 Å². The van der Waals surface area contributed by atoms with E-state index >= 15 is 4.39 Å². The van der Waals surface area contributed by atoms with E-state index in [4.69, 9.17) is 17.3 Å². The van der Waals surface area contributed by atoms with E-state index < -0.39 is 6.03 Å².